The van der Waals surface area contributed by atoms with Gasteiger partial charge in [0.05, 0.1) is 12.3 Å². The predicted molar refractivity (Wildman–Crippen MR) is 122 cm³/mol. The van der Waals surface area contributed by atoms with Gasteiger partial charge in [-0.05, 0) is 54.8 Å². The van der Waals surface area contributed by atoms with Crippen LogP contribution in [-0.2, 0) is 13.0 Å². The third-order valence-electron chi connectivity index (χ3n) is 5.94. The molecule has 5 rings (SSSR count). The van der Waals surface area contributed by atoms with E-state index >= 15 is 0 Å². The van der Waals surface area contributed by atoms with E-state index in [2.05, 4.69) is 19.6 Å². The van der Waals surface area contributed by atoms with Crippen molar-refractivity contribution in [3.63, 3.8) is 0 Å². The molecule has 0 fully saturated rings. The maximum Gasteiger partial charge on any atom is 0.439 e. The van der Waals surface area contributed by atoms with Gasteiger partial charge in [0.25, 0.3) is 0 Å². The lowest BCUT2D eigenvalue weighted by atomic mass is 9.92. The van der Waals surface area contributed by atoms with Crippen LogP contribution in [-0.4, -0.2) is 31.9 Å². The number of aryl methyl sites for hydroxylation is 2. The van der Waals surface area contributed by atoms with E-state index in [9.17, 15) is 19.4 Å². The summed E-state index contributed by atoms with van der Waals surface area (Å²) >= 11 is 0. The Labute approximate surface area is 198 Å². The molecule has 180 valence electrons. The largest absolute Gasteiger partial charge is 0.506 e. The lowest BCUT2D eigenvalue weighted by Gasteiger charge is -2.20. The summed E-state index contributed by atoms with van der Waals surface area (Å²) in [6.07, 6.45) is -0.614. The smallest absolute Gasteiger partial charge is 0.439 e. The number of hydrogen-bond donors (Lipinski definition) is 3. The average molecular weight is 479 g/mol. The highest BCUT2D eigenvalue weighted by Gasteiger charge is 2.29. The molecule has 1 aliphatic rings. The molecule has 0 saturated heterocycles. The molecule has 2 aromatic carbocycles. The first-order valence-corrected chi connectivity index (χ1v) is 10.9. The zero-order valence-electron chi connectivity index (χ0n) is 19.0. The number of halogens is 1. The Morgan fingerprint density at radius 1 is 1.23 bits per heavy atom. The van der Waals surface area contributed by atoms with E-state index in [1.165, 1.54) is 18.2 Å². The predicted octanol–water partition coefficient (Wildman–Crippen LogP) is 3.48. The van der Waals surface area contributed by atoms with Crippen molar-refractivity contribution >= 4 is 0 Å². The van der Waals surface area contributed by atoms with E-state index in [1.54, 1.807) is 25.1 Å². The number of aromatic hydroxyl groups is 1. The number of aliphatic hydroxyl groups excluding tert-OH is 1. The average Bonchev–Trinajstić information content (AvgIpc) is 3.48. The molecule has 9 nitrogen and oxygen atoms in total. The molecule has 0 aliphatic carbocycles. The Kier molecular flexibility index (Phi) is 5.73. The Morgan fingerprint density at radius 3 is 2.83 bits per heavy atom. The normalized spacial score (nSPS) is 13.4. The molecule has 1 aliphatic heterocycles. The van der Waals surface area contributed by atoms with Crippen LogP contribution < -0.4 is 15.2 Å². The standard InChI is InChI=1S/C25H22FN3O6/c1-12-4-3-5-15(21(12)26)22-17(30)7-6-16(27-22)23(31)20-13(2)10-18(24-14(20)8-9-33-24)34-11-19-28-25(32)35-29-19/h3-7,10,23,30-31H,8-9,11H2,1-2H3,(H,28,29,32). The molecule has 4 aromatic rings. The van der Waals surface area contributed by atoms with E-state index in [-0.39, 0.29) is 35.1 Å². The second-order valence-corrected chi connectivity index (χ2v) is 8.28. The lowest BCUT2D eigenvalue weighted by molar-refractivity contribution is 0.213. The maximum atomic E-state index is 14.7. The molecular formula is C25H22FN3O6. The van der Waals surface area contributed by atoms with Crippen LogP contribution in [0.2, 0.25) is 0 Å². The Hall–Kier alpha value is -4.18. The molecule has 0 saturated carbocycles. The quantitative estimate of drug-likeness (QED) is 0.383. The highest BCUT2D eigenvalue weighted by Crippen LogP contribution is 2.44. The summed E-state index contributed by atoms with van der Waals surface area (Å²) in [4.78, 5) is 18.0. The zero-order chi connectivity index (χ0) is 24.7. The highest BCUT2D eigenvalue weighted by molar-refractivity contribution is 5.68. The molecule has 0 amide bonds. The van der Waals surface area contributed by atoms with Crippen molar-refractivity contribution in [2.75, 3.05) is 6.61 Å². The third-order valence-corrected chi connectivity index (χ3v) is 5.94. The van der Waals surface area contributed by atoms with Crippen molar-refractivity contribution in [3.8, 4) is 28.5 Å². The van der Waals surface area contributed by atoms with E-state index in [4.69, 9.17) is 9.47 Å². The molecule has 10 heteroatoms. The summed E-state index contributed by atoms with van der Waals surface area (Å²) in [6.45, 7) is 3.82. The Balaban J connectivity index is 1.51. The number of aromatic amines is 1. The fraction of sp³-hybridized carbons (Fsp3) is 0.240. The van der Waals surface area contributed by atoms with Gasteiger partial charge in [-0.3, -0.25) is 9.51 Å². The van der Waals surface area contributed by atoms with Crippen molar-refractivity contribution in [2.24, 2.45) is 0 Å². The minimum Gasteiger partial charge on any atom is -0.506 e. The fourth-order valence-electron chi connectivity index (χ4n) is 4.26. The minimum absolute atomic E-state index is 0.0339. The number of pyridine rings is 1. The molecule has 0 radical (unpaired) electrons. The van der Waals surface area contributed by atoms with Gasteiger partial charge in [-0.1, -0.05) is 17.3 Å². The second-order valence-electron chi connectivity index (χ2n) is 8.28. The fourth-order valence-corrected chi connectivity index (χ4v) is 4.26. The van der Waals surface area contributed by atoms with Crippen molar-refractivity contribution in [1.29, 1.82) is 0 Å². The number of aliphatic hydroxyl groups is 1. The van der Waals surface area contributed by atoms with E-state index in [0.717, 1.165) is 11.1 Å². The van der Waals surface area contributed by atoms with Gasteiger partial charge in [0, 0.05) is 17.5 Å². The van der Waals surface area contributed by atoms with Gasteiger partial charge in [-0.15, -0.1) is 0 Å². The SMILES string of the molecule is Cc1cccc(-c2nc(C(O)c3c(C)cc(OCc4noc(=O)[nH]4)c4c3CCO4)ccc2O)c1F. The number of aromatic nitrogens is 3. The van der Waals surface area contributed by atoms with Crippen LogP contribution in [0.5, 0.6) is 17.2 Å². The molecule has 0 spiro atoms. The van der Waals surface area contributed by atoms with Crippen molar-refractivity contribution < 1.29 is 28.6 Å². The van der Waals surface area contributed by atoms with E-state index in [1.807, 2.05) is 6.92 Å². The second kappa shape index (κ2) is 8.88. The molecular weight excluding hydrogens is 457 g/mol. The summed E-state index contributed by atoms with van der Waals surface area (Å²) in [6, 6.07) is 9.47. The monoisotopic (exact) mass is 479 g/mol. The van der Waals surface area contributed by atoms with Gasteiger partial charge in [-0.25, -0.2) is 14.2 Å². The van der Waals surface area contributed by atoms with Crippen molar-refractivity contribution in [2.45, 2.75) is 33.0 Å². The molecule has 3 heterocycles. The molecule has 3 N–H and O–H groups in total. The van der Waals surface area contributed by atoms with Gasteiger partial charge in [0.15, 0.2) is 17.3 Å². The van der Waals surface area contributed by atoms with Crippen LogP contribution in [0.1, 0.15) is 39.9 Å². The number of ether oxygens (including phenoxy) is 2. The number of hydrogen-bond acceptors (Lipinski definition) is 8. The Morgan fingerprint density at radius 2 is 2.06 bits per heavy atom. The summed E-state index contributed by atoms with van der Waals surface area (Å²) in [5, 5.41) is 25.3. The van der Waals surface area contributed by atoms with Crippen molar-refractivity contribution in [1.82, 2.24) is 15.1 Å². The van der Waals surface area contributed by atoms with Gasteiger partial charge >= 0.3 is 5.76 Å². The van der Waals surface area contributed by atoms with Crippen LogP contribution in [0, 0.1) is 19.7 Å². The topological polar surface area (TPSA) is 131 Å². The van der Waals surface area contributed by atoms with Crippen LogP contribution >= 0.6 is 0 Å². The lowest BCUT2D eigenvalue weighted by Crippen LogP contribution is -2.09. The van der Waals surface area contributed by atoms with Crippen LogP contribution in [0.15, 0.2) is 45.7 Å². The van der Waals surface area contributed by atoms with Crippen LogP contribution in [0.3, 0.4) is 0 Å². The van der Waals surface area contributed by atoms with Gasteiger partial charge < -0.3 is 19.7 Å². The van der Waals surface area contributed by atoms with Gasteiger partial charge in [0.2, 0.25) is 0 Å². The summed E-state index contributed by atoms with van der Waals surface area (Å²) < 4.78 is 30.8. The first-order valence-electron chi connectivity index (χ1n) is 10.9. The molecule has 2 aromatic heterocycles. The number of nitrogens with one attached hydrogen (secondary N) is 1. The minimum atomic E-state index is -1.15. The van der Waals surface area contributed by atoms with Crippen LogP contribution in [0.4, 0.5) is 4.39 Å². The van der Waals surface area contributed by atoms with Gasteiger partial charge in [0.1, 0.15) is 30.0 Å². The summed E-state index contributed by atoms with van der Waals surface area (Å²) in [5.41, 5.74) is 2.97. The molecule has 0 bridgehead atoms. The highest BCUT2D eigenvalue weighted by atomic mass is 19.1. The van der Waals surface area contributed by atoms with Crippen LogP contribution in [0.25, 0.3) is 11.3 Å². The third kappa shape index (κ3) is 4.12. The molecule has 35 heavy (non-hydrogen) atoms. The van der Waals surface area contributed by atoms with Crippen molar-refractivity contribution in [3.05, 3.63) is 86.5 Å². The maximum absolute atomic E-state index is 14.7. The first-order chi connectivity index (χ1) is 16.8. The Bertz CT molecular complexity index is 1480. The summed E-state index contributed by atoms with van der Waals surface area (Å²) in [5.74, 6) is -0.193. The van der Waals surface area contributed by atoms with E-state index in [0.29, 0.717) is 35.7 Å². The zero-order valence-corrected chi connectivity index (χ0v) is 19.0. The first kappa shape index (κ1) is 22.6. The number of nitrogens with zero attached hydrogens (tertiary/aromatic N) is 2. The number of H-pyrrole nitrogens is 1. The van der Waals surface area contributed by atoms with E-state index < -0.39 is 17.7 Å². The van der Waals surface area contributed by atoms with Gasteiger partial charge in [-0.2, -0.15) is 0 Å². The number of benzene rings is 2. The molecule has 1 atom stereocenters. The number of fused-ring (bicyclic) bond motifs is 1. The molecule has 1 unspecified atom stereocenters. The summed E-state index contributed by atoms with van der Waals surface area (Å²) in [7, 11) is 0. The number of rotatable bonds is 6.